The number of nitrogens with zero attached hydrogens (tertiary/aromatic N) is 5. The molecule has 0 radical (unpaired) electrons. The highest BCUT2D eigenvalue weighted by atomic mass is 19.4. The van der Waals surface area contributed by atoms with Gasteiger partial charge in [-0.1, -0.05) is 22.5 Å². The van der Waals surface area contributed by atoms with Crippen LogP contribution in [0.4, 0.5) is 13.2 Å². The van der Waals surface area contributed by atoms with Crippen LogP contribution in [0.1, 0.15) is 30.7 Å². The molecule has 7 nitrogen and oxygen atoms in total. The largest absolute Gasteiger partial charge is 0.418 e. The average molecular weight is 350 g/mol. The Hall–Kier alpha value is -2.75. The quantitative estimate of drug-likeness (QED) is 0.780. The maximum atomic E-state index is 13.1. The van der Waals surface area contributed by atoms with Gasteiger partial charge in [0.2, 0.25) is 0 Å². The Balaban J connectivity index is 1.68. The number of benzene rings is 1. The maximum absolute atomic E-state index is 13.1. The first-order valence-electron chi connectivity index (χ1n) is 7.59. The molecule has 2 N–H and O–H groups in total. The molecule has 1 aliphatic carbocycles. The summed E-state index contributed by atoms with van der Waals surface area (Å²) in [7, 11) is 0. The third kappa shape index (κ3) is 2.68. The van der Waals surface area contributed by atoms with E-state index in [9.17, 15) is 13.2 Å². The maximum Gasteiger partial charge on any atom is 0.418 e. The van der Waals surface area contributed by atoms with Gasteiger partial charge in [0.05, 0.1) is 23.0 Å². The van der Waals surface area contributed by atoms with Crippen molar-refractivity contribution in [2.24, 2.45) is 5.73 Å². The highest BCUT2D eigenvalue weighted by molar-refractivity contribution is 5.48. The van der Waals surface area contributed by atoms with E-state index in [1.807, 2.05) is 0 Å². The molecule has 3 aromatic rings. The second-order valence-corrected chi connectivity index (χ2v) is 6.00. The van der Waals surface area contributed by atoms with Crippen molar-refractivity contribution < 1.29 is 17.7 Å². The highest BCUT2D eigenvalue weighted by Gasteiger charge is 2.39. The Morgan fingerprint density at radius 2 is 1.96 bits per heavy atom. The van der Waals surface area contributed by atoms with Crippen LogP contribution in [-0.2, 0) is 11.7 Å². The zero-order valence-electron chi connectivity index (χ0n) is 12.9. The van der Waals surface area contributed by atoms with Crippen molar-refractivity contribution in [3.63, 3.8) is 0 Å². The molecule has 2 aromatic heterocycles. The number of alkyl halides is 3. The summed E-state index contributed by atoms with van der Waals surface area (Å²) in [5.74, 6) is 0.446. The van der Waals surface area contributed by atoms with Gasteiger partial charge in [0.15, 0.2) is 11.5 Å². The average Bonchev–Trinajstić information content (AvgIpc) is 3.21. The van der Waals surface area contributed by atoms with Gasteiger partial charge in [-0.2, -0.15) is 18.2 Å². The summed E-state index contributed by atoms with van der Waals surface area (Å²) in [4.78, 5) is 4.21. The summed E-state index contributed by atoms with van der Waals surface area (Å²) < 4.78 is 45.6. The van der Waals surface area contributed by atoms with Crippen molar-refractivity contribution in [2.45, 2.75) is 31.0 Å². The standard InChI is InChI=1S/C15H13F3N6O/c16-15(17,18)9-4-1-2-5-11(9)24-8-10(21-23-24)12-20-13(22-25-12)14(19)6-3-7-14/h1-2,4-5,8H,3,6-7,19H2. The molecule has 0 atom stereocenters. The predicted molar refractivity (Wildman–Crippen MR) is 79.4 cm³/mol. The Morgan fingerprint density at radius 3 is 2.64 bits per heavy atom. The Labute approximate surface area is 139 Å². The van der Waals surface area contributed by atoms with E-state index in [2.05, 4.69) is 20.5 Å². The van der Waals surface area contributed by atoms with Gasteiger partial charge < -0.3 is 10.3 Å². The molecule has 1 saturated carbocycles. The predicted octanol–water partition coefficient (Wildman–Crippen LogP) is 2.67. The van der Waals surface area contributed by atoms with E-state index in [1.54, 1.807) is 0 Å². The second-order valence-electron chi connectivity index (χ2n) is 6.00. The molecule has 1 aliphatic rings. The third-order valence-electron chi connectivity index (χ3n) is 4.29. The van der Waals surface area contributed by atoms with Gasteiger partial charge >= 0.3 is 6.18 Å². The lowest BCUT2D eigenvalue weighted by Crippen LogP contribution is -2.44. The van der Waals surface area contributed by atoms with Crippen LogP contribution in [0.15, 0.2) is 35.0 Å². The molecule has 10 heteroatoms. The summed E-state index contributed by atoms with van der Waals surface area (Å²) in [6.07, 6.45) is -0.678. The van der Waals surface area contributed by atoms with E-state index in [0.29, 0.717) is 5.82 Å². The van der Waals surface area contributed by atoms with Gasteiger partial charge in [-0.25, -0.2) is 4.68 Å². The lowest BCUT2D eigenvalue weighted by molar-refractivity contribution is -0.137. The zero-order chi connectivity index (χ0) is 17.7. The molecule has 130 valence electrons. The highest BCUT2D eigenvalue weighted by Crippen LogP contribution is 2.37. The molecule has 0 amide bonds. The lowest BCUT2D eigenvalue weighted by atomic mass is 9.77. The smallest absolute Gasteiger partial charge is 0.332 e. The van der Waals surface area contributed by atoms with Crippen LogP contribution in [0.25, 0.3) is 17.3 Å². The third-order valence-corrected chi connectivity index (χ3v) is 4.29. The molecule has 4 rings (SSSR count). The lowest BCUT2D eigenvalue weighted by Gasteiger charge is -2.34. The number of aromatic nitrogens is 5. The molecule has 25 heavy (non-hydrogen) atoms. The second kappa shape index (κ2) is 5.38. The SMILES string of the molecule is NC1(c2noc(-c3cn(-c4ccccc4C(F)(F)F)nn3)n2)CCC1. The molecule has 0 saturated heterocycles. The molecular weight excluding hydrogens is 337 g/mol. The fourth-order valence-electron chi connectivity index (χ4n) is 2.70. The van der Waals surface area contributed by atoms with E-state index < -0.39 is 17.3 Å². The molecular formula is C15H13F3N6O. The summed E-state index contributed by atoms with van der Waals surface area (Å²) >= 11 is 0. The van der Waals surface area contributed by atoms with Crippen LogP contribution in [-0.4, -0.2) is 25.1 Å². The van der Waals surface area contributed by atoms with Gasteiger partial charge in [0, 0.05) is 0 Å². The summed E-state index contributed by atoms with van der Waals surface area (Å²) in [5, 5.41) is 11.4. The first kappa shape index (κ1) is 15.8. The van der Waals surface area contributed by atoms with Crippen molar-refractivity contribution in [3.8, 4) is 17.3 Å². The molecule has 1 fully saturated rings. The van der Waals surface area contributed by atoms with Gasteiger partial charge in [-0.3, -0.25) is 0 Å². The van der Waals surface area contributed by atoms with Crippen molar-refractivity contribution in [2.75, 3.05) is 0 Å². The van der Waals surface area contributed by atoms with Crippen molar-refractivity contribution in [3.05, 3.63) is 41.9 Å². The van der Waals surface area contributed by atoms with Gasteiger partial charge in [0.25, 0.3) is 5.89 Å². The van der Waals surface area contributed by atoms with E-state index >= 15 is 0 Å². The minimum absolute atomic E-state index is 0.0717. The van der Waals surface area contributed by atoms with Gasteiger partial charge in [-0.05, 0) is 31.4 Å². The monoisotopic (exact) mass is 350 g/mol. The number of nitrogens with two attached hydrogens (primary N) is 1. The zero-order valence-corrected chi connectivity index (χ0v) is 12.9. The summed E-state index contributed by atoms with van der Waals surface area (Å²) in [6, 6.07) is 5.10. The van der Waals surface area contributed by atoms with Crippen molar-refractivity contribution in [1.29, 1.82) is 0 Å². The molecule has 2 heterocycles. The van der Waals surface area contributed by atoms with Crippen LogP contribution < -0.4 is 5.73 Å². The van der Waals surface area contributed by atoms with E-state index in [-0.39, 0.29) is 17.3 Å². The van der Waals surface area contributed by atoms with Gasteiger partial charge in [0.1, 0.15) is 0 Å². The Bertz CT molecular complexity index is 912. The normalized spacial score (nSPS) is 16.6. The molecule has 0 unspecified atom stereocenters. The molecule has 1 aromatic carbocycles. The summed E-state index contributed by atoms with van der Waals surface area (Å²) in [6.45, 7) is 0. The number of rotatable bonds is 3. The number of hydrogen-bond donors (Lipinski definition) is 1. The Morgan fingerprint density at radius 1 is 1.20 bits per heavy atom. The van der Waals surface area contributed by atoms with Crippen molar-refractivity contribution in [1.82, 2.24) is 25.1 Å². The molecule has 0 spiro atoms. The van der Waals surface area contributed by atoms with Crippen LogP contribution in [0, 0.1) is 0 Å². The molecule has 0 bridgehead atoms. The Kier molecular flexibility index (Phi) is 3.39. The van der Waals surface area contributed by atoms with Crippen LogP contribution >= 0.6 is 0 Å². The van der Waals surface area contributed by atoms with E-state index in [0.717, 1.165) is 30.0 Å². The first-order chi connectivity index (χ1) is 11.9. The minimum atomic E-state index is -4.50. The fourth-order valence-corrected chi connectivity index (χ4v) is 2.70. The number of halogens is 3. The topological polar surface area (TPSA) is 95.7 Å². The van der Waals surface area contributed by atoms with E-state index in [1.165, 1.54) is 24.4 Å². The molecule has 0 aliphatic heterocycles. The summed E-state index contributed by atoms with van der Waals surface area (Å²) in [5.41, 5.74) is 4.76. The number of hydrogen-bond acceptors (Lipinski definition) is 6. The van der Waals surface area contributed by atoms with Crippen molar-refractivity contribution >= 4 is 0 Å². The van der Waals surface area contributed by atoms with Crippen LogP contribution in [0.5, 0.6) is 0 Å². The van der Waals surface area contributed by atoms with Gasteiger partial charge in [-0.15, -0.1) is 5.10 Å². The number of para-hydroxylation sites is 1. The first-order valence-corrected chi connectivity index (χ1v) is 7.59. The van der Waals surface area contributed by atoms with E-state index in [4.69, 9.17) is 10.3 Å². The van der Waals surface area contributed by atoms with Crippen LogP contribution in [0.2, 0.25) is 0 Å². The minimum Gasteiger partial charge on any atom is -0.332 e. The van der Waals surface area contributed by atoms with Crippen LogP contribution in [0.3, 0.4) is 0 Å². The fraction of sp³-hybridized carbons (Fsp3) is 0.333.